The average molecular weight is 168 g/mol. The van der Waals surface area contributed by atoms with E-state index in [1.807, 2.05) is 11.4 Å². The van der Waals surface area contributed by atoms with Crippen molar-refractivity contribution >= 4 is 21.7 Å². The Labute approximate surface area is 67.7 Å². The van der Waals surface area contributed by atoms with Crippen molar-refractivity contribution in [2.75, 3.05) is 0 Å². The van der Waals surface area contributed by atoms with Crippen LogP contribution in [0.15, 0.2) is 11.4 Å². The van der Waals surface area contributed by atoms with Crippen LogP contribution >= 0.6 is 11.3 Å². The van der Waals surface area contributed by atoms with Crippen molar-refractivity contribution in [3.63, 3.8) is 0 Å². The molecule has 0 amide bonds. The number of nitrogens with zero attached hydrogens (tertiary/aromatic N) is 1. The molecule has 11 heavy (non-hydrogen) atoms. The molecule has 2 N–H and O–H groups in total. The average Bonchev–Trinajstić information content (AvgIpc) is 2.40. The molecule has 0 saturated carbocycles. The molecule has 0 radical (unpaired) electrons. The monoisotopic (exact) mass is 168 g/mol. The Morgan fingerprint density at radius 2 is 2.55 bits per heavy atom. The van der Waals surface area contributed by atoms with Crippen LogP contribution in [-0.4, -0.2) is 15.1 Å². The number of imidazole rings is 1. The van der Waals surface area contributed by atoms with Gasteiger partial charge in [0, 0.05) is 0 Å². The molecule has 0 unspecified atom stereocenters. The molecule has 0 fully saturated rings. The van der Waals surface area contributed by atoms with Gasteiger partial charge in [0.15, 0.2) is 0 Å². The highest BCUT2D eigenvalue weighted by atomic mass is 32.1. The second kappa shape index (κ2) is 2.32. The molecule has 0 aliphatic carbocycles. The van der Waals surface area contributed by atoms with E-state index < -0.39 is 6.10 Å². The number of H-pyrrole nitrogens is 1. The SMILES string of the molecule is C[C@@H](O)c1nc2sccc2[nH]1. The van der Waals surface area contributed by atoms with Crippen LogP contribution < -0.4 is 0 Å². The van der Waals surface area contributed by atoms with Gasteiger partial charge in [-0.2, -0.15) is 0 Å². The number of hydrogen-bond acceptors (Lipinski definition) is 3. The molecule has 4 heteroatoms. The van der Waals surface area contributed by atoms with E-state index in [9.17, 15) is 0 Å². The van der Waals surface area contributed by atoms with E-state index in [1.165, 1.54) is 0 Å². The van der Waals surface area contributed by atoms with Crippen LogP contribution in [0.1, 0.15) is 18.9 Å². The van der Waals surface area contributed by atoms with Gasteiger partial charge in [0.1, 0.15) is 16.8 Å². The molecule has 0 aliphatic heterocycles. The minimum absolute atomic E-state index is 0.505. The number of nitrogens with one attached hydrogen (secondary N) is 1. The van der Waals surface area contributed by atoms with Crippen LogP contribution in [-0.2, 0) is 0 Å². The molecule has 58 valence electrons. The molecule has 0 saturated heterocycles. The normalized spacial score (nSPS) is 14.0. The third-order valence-electron chi connectivity index (χ3n) is 1.53. The van der Waals surface area contributed by atoms with E-state index in [0.29, 0.717) is 5.82 Å². The minimum atomic E-state index is -0.505. The molecule has 0 bridgehead atoms. The Morgan fingerprint density at radius 1 is 1.73 bits per heavy atom. The molecule has 0 spiro atoms. The number of aliphatic hydroxyl groups excluding tert-OH is 1. The van der Waals surface area contributed by atoms with Crippen molar-refractivity contribution in [2.24, 2.45) is 0 Å². The predicted octanol–water partition coefficient (Wildman–Crippen LogP) is 1.68. The second-order valence-electron chi connectivity index (χ2n) is 2.44. The lowest BCUT2D eigenvalue weighted by Gasteiger charge is -1.95. The van der Waals surface area contributed by atoms with Crippen molar-refractivity contribution in [3.8, 4) is 0 Å². The van der Waals surface area contributed by atoms with Gasteiger partial charge in [-0.15, -0.1) is 11.3 Å². The smallest absolute Gasteiger partial charge is 0.141 e. The Morgan fingerprint density at radius 3 is 3.18 bits per heavy atom. The summed E-state index contributed by atoms with van der Waals surface area (Å²) >= 11 is 1.57. The molecule has 2 heterocycles. The van der Waals surface area contributed by atoms with Gasteiger partial charge in [-0.05, 0) is 18.4 Å². The lowest BCUT2D eigenvalue weighted by atomic mass is 10.4. The third-order valence-corrected chi connectivity index (χ3v) is 2.33. The van der Waals surface area contributed by atoms with Gasteiger partial charge in [-0.1, -0.05) is 0 Å². The Hall–Kier alpha value is -0.870. The summed E-state index contributed by atoms with van der Waals surface area (Å²) in [6.07, 6.45) is -0.505. The Kier molecular flexibility index (Phi) is 1.44. The van der Waals surface area contributed by atoms with E-state index >= 15 is 0 Å². The number of thiophene rings is 1. The zero-order chi connectivity index (χ0) is 7.84. The topological polar surface area (TPSA) is 48.9 Å². The molecule has 0 aliphatic rings. The van der Waals surface area contributed by atoms with Gasteiger partial charge in [-0.3, -0.25) is 0 Å². The van der Waals surface area contributed by atoms with Crippen molar-refractivity contribution < 1.29 is 5.11 Å². The third kappa shape index (κ3) is 1.04. The number of rotatable bonds is 1. The largest absolute Gasteiger partial charge is 0.385 e. The maximum atomic E-state index is 9.15. The van der Waals surface area contributed by atoms with Crippen LogP contribution in [0.4, 0.5) is 0 Å². The molecule has 2 aromatic rings. The first-order chi connectivity index (χ1) is 5.27. The fourth-order valence-electron chi connectivity index (χ4n) is 0.956. The lowest BCUT2D eigenvalue weighted by Crippen LogP contribution is -1.92. The number of fused-ring (bicyclic) bond motifs is 1. The fourth-order valence-corrected chi connectivity index (χ4v) is 1.69. The van der Waals surface area contributed by atoms with Gasteiger partial charge in [0.05, 0.1) is 5.52 Å². The summed E-state index contributed by atoms with van der Waals surface area (Å²) < 4.78 is 0. The zero-order valence-electron chi connectivity index (χ0n) is 6.03. The quantitative estimate of drug-likeness (QED) is 0.680. The summed E-state index contributed by atoms with van der Waals surface area (Å²) in [4.78, 5) is 8.17. The summed E-state index contributed by atoms with van der Waals surface area (Å²) in [5.74, 6) is 0.645. The highest BCUT2D eigenvalue weighted by molar-refractivity contribution is 7.16. The first-order valence-corrected chi connectivity index (χ1v) is 4.26. The molecule has 2 aromatic heterocycles. The van der Waals surface area contributed by atoms with Gasteiger partial charge in [0.2, 0.25) is 0 Å². The molecular formula is C7H8N2OS. The first kappa shape index (κ1) is 6.82. The fraction of sp³-hybridized carbons (Fsp3) is 0.286. The number of aromatic nitrogens is 2. The van der Waals surface area contributed by atoms with E-state index in [-0.39, 0.29) is 0 Å². The minimum Gasteiger partial charge on any atom is -0.385 e. The molecule has 3 nitrogen and oxygen atoms in total. The number of aromatic amines is 1. The first-order valence-electron chi connectivity index (χ1n) is 3.38. The highest BCUT2D eigenvalue weighted by Gasteiger charge is 2.06. The van der Waals surface area contributed by atoms with E-state index in [4.69, 9.17) is 5.11 Å². The summed E-state index contributed by atoms with van der Waals surface area (Å²) in [6.45, 7) is 1.70. The summed E-state index contributed by atoms with van der Waals surface area (Å²) in [7, 11) is 0. The van der Waals surface area contributed by atoms with E-state index in [0.717, 1.165) is 10.3 Å². The van der Waals surface area contributed by atoms with Crippen molar-refractivity contribution in [1.29, 1.82) is 0 Å². The highest BCUT2D eigenvalue weighted by Crippen LogP contribution is 2.20. The van der Waals surface area contributed by atoms with Gasteiger partial charge in [-0.25, -0.2) is 4.98 Å². The van der Waals surface area contributed by atoms with Crippen LogP contribution in [0.25, 0.3) is 10.3 Å². The molecule has 1 atom stereocenters. The van der Waals surface area contributed by atoms with Gasteiger partial charge in [0.25, 0.3) is 0 Å². The number of aliphatic hydroxyl groups is 1. The Balaban J connectivity index is 2.58. The number of hydrogen-bond donors (Lipinski definition) is 2. The van der Waals surface area contributed by atoms with Crippen LogP contribution in [0.2, 0.25) is 0 Å². The maximum Gasteiger partial charge on any atom is 0.141 e. The van der Waals surface area contributed by atoms with E-state index in [2.05, 4.69) is 9.97 Å². The van der Waals surface area contributed by atoms with Gasteiger partial charge >= 0.3 is 0 Å². The van der Waals surface area contributed by atoms with Crippen molar-refractivity contribution in [3.05, 3.63) is 17.3 Å². The molecular weight excluding hydrogens is 160 g/mol. The van der Waals surface area contributed by atoms with Crippen LogP contribution in [0, 0.1) is 0 Å². The summed E-state index contributed by atoms with van der Waals surface area (Å²) in [5.41, 5.74) is 1.01. The Bertz CT molecular complexity index is 335. The standard InChI is InChI=1S/C7H8N2OS/c1-4(10)6-8-5-2-3-11-7(5)9-6/h2-4,10H,1H3,(H,8,9)/t4-/m1/s1. The van der Waals surface area contributed by atoms with Crippen molar-refractivity contribution in [1.82, 2.24) is 9.97 Å². The predicted molar refractivity (Wildman–Crippen MR) is 44.6 cm³/mol. The maximum absolute atomic E-state index is 9.15. The molecule has 2 rings (SSSR count). The summed E-state index contributed by atoms with van der Waals surface area (Å²) in [5, 5.41) is 11.1. The second-order valence-corrected chi connectivity index (χ2v) is 3.33. The van der Waals surface area contributed by atoms with Crippen LogP contribution in [0.3, 0.4) is 0 Å². The van der Waals surface area contributed by atoms with Crippen molar-refractivity contribution in [2.45, 2.75) is 13.0 Å². The molecule has 0 aromatic carbocycles. The lowest BCUT2D eigenvalue weighted by molar-refractivity contribution is 0.190. The van der Waals surface area contributed by atoms with Gasteiger partial charge < -0.3 is 10.1 Å². The zero-order valence-corrected chi connectivity index (χ0v) is 6.85. The summed E-state index contributed by atoms with van der Waals surface area (Å²) in [6, 6.07) is 1.96. The van der Waals surface area contributed by atoms with Crippen LogP contribution in [0.5, 0.6) is 0 Å². The van der Waals surface area contributed by atoms with E-state index in [1.54, 1.807) is 18.3 Å².